The SMILES string of the molecule is O=C(CNC(=O)c1ccccc1)OC(=O)C(c1ccc(O)cc1)C(C(=O)O)c1ccccc1. The first kappa shape index (κ1) is 23.2. The molecular weight excluding hydrogens is 426 g/mol. The maximum absolute atomic E-state index is 13.0. The number of hydrogen-bond donors (Lipinski definition) is 3. The van der Waals surface area contributed by atoms with Crippen molar-refractivity contribution in [3.63, 3.8) is 0 Å². The van der Waals surface area contributed by atoms with Crippen LogP contribution in [0, 0.1) is 0 Å². The highest BCUT2D eigenvalue weighted by Crippen LogP contribution is 2.35. The van der Waals surface area contributed by atoms with Gasteiger partial charge in [-0.15, -0.1) is 0 Å². The van der Waals surface area contributed by atoms with Crippen LogP contribution in [0.25, 0.3) is 0 Å². The summed E-state index contributed by atoms with van der Waals surface area (Å²) in [7, 11) is 0. The van der Waals surface area contributed by atoms with E-state index in [0.29, 0.717) is 11.1 Å². The van der Waals surface area contributed by atoms with E-state index in [1.54, 1.807) is 60.7 Å². The van der Waals surface area contributed by atoms with Crippen molar-refractivity contribution in [1.29, 1.82) is 0 Å². The van der Waals surface area contributed by atoms with Crippen LogP contribution in [0.5, 0.6) is 5.75 Å². The van der Waals surface area contributed by atoms with Gasteiger partial charge in [0.2, 0.25) is 0 Å². The van der Waals surface area contributed by atoms with E-state index < -0.39 is 42.2 Å². The van der Waals surface area contributed by atoms with Crippen LogP contribution in [0.4, 0.5) is 0 Å². The van der Waals surface area contributed by atoms with E-state index in [1.165, 1.54) is 24.3 Å². The number of hydrogen-bond acceptors (Lipinski definition) is 6. The number of aliphatic carboxylic acids is 1. The Bertz CT molecular complexity index is 1130. The van der Waals surface area contributed by atoms with E-state index in [4.69, 9.17) is 4.74 Å². The summed E-state index contributed by atoms with van der Waals surface area (Å²) in [6.45, 7) is -0.579. The fourth-order valence-corrected chi connectivity index (χ4v) is 3.34. The molecule has 0 heterocycles. The Morgan fingerprint density at radius 1 is 0.758 bits per heavy atom. The van der Waals surface area contributed by atoms with E-state index in [9.17, 15) is 29.4 Å². The molecule has 3 N–H and O–H groups in total. The summed E-state index contributed by atoms with van der Waals surface area (Å²) in [5.74, 6) is -6.74. The van der Waals surface area contributed by atoms with E-state index >= 15 is 0 Å². The first-order valence-corrected chi connectivity index (χ1v) is 10.0. The monoisotopic (exact) mass is 447 g/mol. The molecule has 3 rings (SSSR count). The average Bonchev–Trinajstić information content (AvgIpc) is 2.82. The van der Waals surface area contributed by atoms with Gasteiger partial charge in [-0.05, 0) is 35.4 Å². The van der Waals surface area contributed by atoms with Crippen molar-refractivity contribution in [3.8, 4) is 5.75 Å². The Morgan fingerprint density at radius 2 is 1.30 bits per heavy atom. The van der Waals surface area contributed by atoms with Gasteiger partial charge in [0, 0.05) is 5.56 Å². The molecule has 2 unspecified atom stereocenters. The lowest BCUT2D eigenvalue weighted by atomic mass is 9.81. The molecule has 0 saturated carbocycles. The van der Waals surface area contributed by atoms with Crippen molar-refractivity contribution in [1.82, 2.24) is 5.32 Å². The summed E-state index contributed by atoms with van der Waals surface area (Å²) in [5.41, 5.74) is 0.911. The van der Waals surface area contributed by atoms with Crippen molar-refractivity contribution in [3.05, 3.63) is 102 Å². The van der Waals surface area contributed by atoms with Gasteiger partial charge in [0.15, 0.2) is 0 Å². The van der Waals surface area contributed by atoms with Gasteiger partial charge >= 0.3 is 17.9 Å². The largest absolute Gasteiger partial charge is 0.508 e. The molecule has 8 nitrogen and oxygen atoms in total. The highest BCUT2D eigenvalue weighted by atomic mass is 16.6. The molecule has 0 aliphatic heterocycles. The van der Waals surface area contributed by atoms with Crippen LogP contribution in [0.3, 0.4) is 0 Å². The molecule has 0 saturated heterocycles. The molecule has 0 fully saturated rings. The fraction of sp³-hybridized carbons (Fsp3) is 0.120. The molecule has 0 aromatic heterocycles. The molecule has 0 bridgehead atoms. The zero-order valence-electron chi connectivity index (χ0n) is 17.4. The first-order valence-electron chi connectivity index (χ1n) is 10.0. The molecule has 0 aliphatic carbocycles. The molecule has 168 valence electrons. The predicted octanol–water partition coefficient (Wildman–Crippen LogP) is 2.84. The number of carbonyl (C=O) groups is 4. The predicted molar refractivity (Wildman–Crippen MR) is 118 cm³/mol. The minimum absolute atomic E-state index is 0.0721. The number of phenols is 1. The lowest BCUT2D eigenvalue weighted by Gasteiger charge is -2.23. The summed E-state index contributed by atoms with van der Waals surface area (Å²) in [4.78, 5) is 49.5. The van der Waals surface area contributed by atoms with E-state index in [0.717, 1.165) is 0 Å². The van der Waals surface area contributed by atoms with Crippen LogP contribution in [0.1, 0.15) is 33.3 Å². The topological polar surface area (TPSA) is 130 Å². The number of carbonyl (C=O) groups excluding carboxylic acids is 3. The first-order chi connectivity index (χ1) is 15.9. The number of aromatic hydroxyl groups is 1. The Kier molecular flexibility index (Phi) is 7.54. The van der Waals surface area contributed by atoms with Crippen LogP contribution in [0.15, 0.2) is 84.9 Å². The van der Waals surface area contributed by atoms with E-state index in [-0.39, 0.29) is 11.3 Å². The zero-order chi connectivity index (χ0) is 23.8. The molecule has 0 spiro atoms. The molecule has 2 atom stereocenters. The molecule has 1 amide bonds. The van der Waals surface area contributed by atoms with Gasteiger partial charge in [0.25, 0.3) is 5.91 Å². The standard InChI is InChI=1S/C25H21NO7/c27-19-13-11-17(12-14-19)22(21(24(30)31)16-7-3-1-4-8-16)25(32)33-20(28)15-26-23(29)18-9-5-2-6-10-18/h1-14,21-22,27H,15H2,(H,26,29)(H,30,31). The Hall–Kier alpha value is -4.46. The number of carboxylic acid groups (broad SMARTS) is 1. The maximum Gasteiger partial charge on any atom is 0.333 e. The van der Waals surface area contributed by atoms with Gasteiger partial charge < -0.3 is 20.3 Å². The van der Waals surface area contributed by atoms with Crippen molar-refractivity contribution in [2.24, 2.45) is 0 Å². The number of ether oxygens (including phenoxy) is 1. The van der Waals surface area contributed by atoms with Gasteiger partial charge in [-0.3, -0.25) is 14.4 Å². The second-order valence-corrected chi connectivity index (χ2v) is 7.14. The van der Waals surface area contributed by atoms with Gasteiger partial charge in [0.1, 0.15) is 12.3 Å². The van der Waals surface area contributed by atoms with Gasteiger partial charge in [-0.1, -0.05) is 60.7 Å². The van der Waals surface area contributed by atoms with Gasteiger partial charge in [-0.25, -0.2) is 4.79 Å². The smallest absolute Gasteiger partial charge is 0.333 e. The van der Waals surface area contributed by atoms with Crippen LogP contribution in [0.2, 0.25) is 0 Å². The molecular formula is C25H21NO7. The molecule has 0 radical (unpaired) electrons. The minimum Gasteiger partial charge on any atom is -0.508 e. The third-order valence-electron chi connectivity index (χ3n) is 4.91. The zero-order valence-corrected chi connectivity index (χ0v) is 17.4. The highest BCUT2D eigenvalue weighted by Gasteiger charge is 2.38. The lowest BCUT2D eigenvalue weighted by molar-refractivity contribution is -0.162. The summed E-state index contributed by atoms with van der Waals surface area (Å²) in [6, 6.07) is 21.7. The highest BCUT2D eigenvalue weighted by molar-refractivity contribution is 5.98. The average molecular weight is 447 g/mol. The molecule has 3 aromatic rings. The summed E-state index contributed by atoms with van der Waals surface area (Å²) in [5, 5.41) is 21.8. The van der Waals surface area contributed by atoms with E-state index in [1.807, 2.05) is 0 Å². The summed E-state index contributed by atoms with van der Waals surface area (Å²) < 4.78 is 4.92. The van der Waals surface area contributed by atoms with Crippen molar-refractivity contribution >= 4 is 23.8 Å². The number of phenolic OH excluding ortho intramolecular Hbond substituents is 1. The molecule has 8 heteroatoms. The number of rotatable bonds is 8. The molecule has 0 aliphatic rings. The van der Waals surface area contributed by atoms with Crippen molar-refractivity contribution in [2.75, 3.05) is 6.54 Å². The van der Waals surface area contributed by atoms with Crippen molar-refractivity contribution in [2.45, 2.75) is 11.8 Å². The van der Waals surface area contributed by atoms with Gasteiger partial charge in [-0.2, -0.15) is 0 Å². The normalized spacial score (nSPS) is 12.2. The fourth-order valence-electron chi connectivity index (χ4n) is 3.34. The third-order valence-corrected chi connectivity index (χ3v) is 4.91. The minimum atomic E-state index is -1.38. The van der Waals surface area contributed by atoms with Crippen LogP contribution < -0.4 is 5.32 Å². The summed E-state index contributed by atoms with van der Waals surface area (Å²) in [6.07, 6.45) is 0. The van der Waals surface area contributed by atoms with Gasteiger partial charge in [0.05, 0.1) is 11.8 Å². The molecule has 3 aromatic carbocycles. The summed E-state index contributed by atoms with van der Waals surface area (Å²) >= 11 is 0. The third kappa shape index (κ3) is 6.04. The van der Waals surface area contributed by atoms with Crippen LogP contribution >= 0.6 is 0 Å². The molecule has 33 heavy (non-hydrogen) atoms. The lowest BCUT2D eigenvalue weighted by Crippen LogP contribution is -2.34. The Morgan fingerprint density at radius 3 is 1.88 bits per heavy atom. The Labute approximate surface area is 189 Å². The second-order valence-electron chi connectivity index (χ2n) is 7.14. The van der Waals surface area contributed by atoms with E-state index in [2.05, 4.69) is 5.32 Å². The number of esters is 2. The number of nitrogens with one attached hydrogen (secondary N) is 1. The maximum atomic E-state index is 13.0. The van der Waals surface area contributed by atoms with Crippen LogP contribution in [-0.4, -0.2) is 40.6 Å². The quantitative estimate of drug-likeness (QED) is 0.358. The number of amides is 1. The van der Waals surface area contributed by atoms with Crippen LogP contribution in [-0.2, 0) is 19.1 Å². The number of carboxylic acids is 1. The number of benzene rings is 3. The second kappa shape index (κ2) is 10.7. The Balaban J connectivity index is 1.80. The van der Waals surface area contributed by atoms with Crippen molar-refractivity contribution < 1.29 is 34.1 Å².